The van der Waals surface area contributed by atoms with Crippen LogP contribution in [0.1, 0.15) is 34.6 Å². The van der Waals surface area contributed by atoms with Gasteiger partial charge < -0.3 is 21.3 Å². The summed E-state index contributed by atoms with van der Waals surface area (Å²) in [6.45, 7) is 4.34. The van der Waals surface area contributed by atoms with Crippen LogP contribution in [-0.2, 0) is 0 Å². The summed E-state index contributed by atoms with van der Waals surface area (Å²) in [4.78, 5) is 21.1. The van der Waals surface area contributed by atoms with Crippen molar-refractivity contribution in [1.29, 1.82) is 0 Å². The highest BCUT2D eigenvalue weighted by atomic mass is 19.2. The maximum Gasteiger partial charge on any atom is 0.337 e. The molecule has 0 heterocycles. The lowest BCUT2D eigenvalue weighted by Crippen LogP contribution is -2.12. The van der Waals surface area contributed by atoms with Gasteiger partial charge in [-0.1, -0.05) is 13.8 Å². The molecule has 0 saturated carbocycles. The Morgan fingerprint density at radius 3 is 1.79 bits per heavy atom. The fourth-order valence-corrected chi connectivity index (χ4v) is 1.93. The van der Waals surface area contributed by atoms with E-state index in [0.717, 1.165) is 6.07 Å². The van der Waals surface area contributed by atoms with Crippen molar-refractivity contribution in [2.45, 2.75) is 13.8 Å². The molecular weight excluding hydrogens is 384 g/mol. The second kappa shape index (κ2) is 9.58. The molecule has 28 heavy (non-hydrogen) atoms. The monoisotopic (exact) mass is 402 g/mol. The van der Waals surface area contributed by atoms with E-state index < -0.39 is 40.8 Å². The predicted octanol–water partition coefficient (Wildman–Crippen LogP) is 3.98. The summed E-state index contributed by atoms with van der Waals surface area (Å²) in [5, 5.41) is 20.0. The Balaban J connectivity index is 0.000000292. The first-order chi connectivity index (χ1) is 12.9. The molecule has 152 valence electrons. The Bertz CT molecular complexity index is 888. The van der Waals surface area contributed by atoms with Crippen LogP contribution in [0.15, 0.2) is 24.3 Å². The van der Waals surface area contributed by atoms with Gasteiger partial charge in [0, 0.05) is 24.4 Å². The van der Waals surface area contributed by atoms with E-state index in [1.807, 2.05) is 13.8 Å². The van der Waals surface area contributed by atoms with Crippen molar-refractivity contribution in [3.8, 4) is 0 Å². The van der Waals surface area contributed by atoms with E-state index in [1.165, 1.54) is 0 Å². The lowest BCUT2D eigenvalue weighted by molar-refractivity contribution is 0.0686. The molecule has 0 aliphatic rings. The van der Waals surface area contributed by atoms with Gasteiger partial charge in [-0.25, -0.2) is 27.2 Å². The molecule has 0 unspecified atom stereocenters. The van der Waals surface area contributed by atoms with Gasteiger partial charge in [0.05, 0.1) is 16.8 Å². The third kappa shape index (κ3) is 6.15. The van der Waals surface area contributed by atoms with Crippen molar-refractivity contribution < 1.29 is 37.4 Å². The standard InChI is InChI=1S/C11H13F2NO2.C7H5F2NO2/c1-6(2)5-14-10-4-9(13)8(12)3-7(10)11(15)16;8-4-1-3(7(11)12)6(10)2-5(4)9/h3-4,6,14H,5H2,1-2H3,(H,15,16);1-2H,10H2,(H,11,12). The van der Waals surface area contributed by atoms with Crippen LogP contribution in [0.3, 0.4) is 0 Å². The molecule has 0 amide bonds. The van der Waals surface area contributed by atoms with Crippen LogP contribution in [-0.4, -0.2) is 28.7 Å². The van der Waals surface area contributed by atoms with E-state index >= 15 is 0 Å². The molecule has 0 aliphatic heterocycles. The number of carboxylic acid groups (broad SMARTS) is 2. The van der Waals surface area contributed by atoms with Gasteiger partial charge in [0.2, 0.25) is 0 Å². The molecule has 0 bridgehead atoms. The molecular formula is C18H18F4N2O4. The number of nitrogens with one attached hydrogen (secondary N) is 1. The second-order valence-electron chi connectivity index (χ2n) is 6.05. The summed E-state index contributed by atoms with van der Waals surface area (Å²) >= 11 is 0. The van der Waals surface area contributed by atoms with Gasteiger partial charge in [0.25, 0.3) is 0 Å². The largest absolute Gasteiger partial charge is 0.478 e. The summed E-state index contributed by atoms with van der Waals surface area (Å²) in [7, 11) is 0. The third-order valence-electron chi connectivity index (χ3n) is 3.31. The van der Waals surface area contributed by atoms with E-state index in [0.29, 0.717) is 24.7 Å². The number of carboxylic acids is 2. The normalized spacial score (nSPS) is 10.2. The summed E-state index contributed by atoms with van der Waals surface area (Å²) < 4.78 is 50.6. The zero-order valence-corrected chi connectivity index (χ0v) is 14.9. The van der Waals surface area contributed by atoms with E-state index in [-0.39, 0.29) is 22.9 Å². The minimum atomic E-state index is -1.38. The SMILES string of the molecule is CC(C)CNc1cc(F)c(F)cc1C(=O)O.Nc1cc(F)c(F)cc1C(=O)O. The van der Waals surface area contributed by atoms with Gasteiger partial charge in [0.1, 0.15) is 0 Å². The fourth-order valence-electron chi connectivity index (χ4n) is 1.93. The number of halogens is 4. The van der Waals surface area contributed by atoms with E-state index in [4.69, 9.17) is 15.9 Å². The van der Waals surface area contributed by atoms with Gasteiger partial charge in [0.15, 0.2) is 23.3 Å². The number of rotatable bonds is 5. The van der Waals surface area contributed by atoms with Crippen LogP contribution < -0.4 is 11.1 Å². The highest BCUT2D eigenvalue weighted by molar-refractivity contribution is 5.94. The molecule has 2 aromatic carbocycles. The maximum atomic E-state index is 12.9. The molecule has 6 nitrogen and oxygen atoms in total. The smallest absolute Gasteiger partial charge is 0.337 e. The molecule has 2 rings (SSSR count). The Labute approximate surface area is 157 Å². The topological polar surface area (TPSA) is 113 Å². The lowest BCUT2D eigenvalue weighted by Gasteiger charge is -2.11. The van der Waals surface area contributed by atoms with Crippen LogP contribution in [0.4, 0.5) is 28.9 Å². The quantitative estimate of drug-likeness (QED) is 0.445. The summed E-state index contributed by atoms with van der Waals surface area (Å²) in [6.07, 6.45) is 0. The average Bonchev–Trinajstić information content (AvgIpc) is 2.58. The van der Waals surface area contributed by atoms with Gasteiger partial charge >= 0.3 is 11.9 Å². The lowest BCUT2D eigenvalue weighted by atomic mass is 10.1. The van der Waals surface area contributed by atoms with Crippen molar-refractivity contribution in [2.24, 2.45) is 5.92 Å². The minimum absolute atomic E-state index is 0.0973. The van der Waals surface area contributed by atoms with Crippen molar-refractivity contribution in [2.75, 3.05) is 17.6 Å². The van der Waals surface area contributed by atoms with Crippen LogP contribution in [0.25, 0.3) is 0 Å². The highest BCUT2D eigenvalue weighted by Crippen LogP contribution is 2.20. The van der Waals surface area contributed by atoms with Crippen molar-refractivity contribution in [3.63, 3.8) is 0 Å². The first-order valence-corrected chi connectivity index (χ1v) is 7.88. The number of benzene rings is 2. The molecule has 0 fully saturated rings. The van der Waals surface area contributed by atoms with E-state index in [1.54, 1.807) is 0 Å². The highest BCUT2D eigenvalue weighted by Gasteiger charge is 2.15. The number of hydrogen-bond acceptors (Lipinski definition) is 4. The zero-order valence-electron chi connectivity index (χ0n) is 14.9. The Kier molecular flexibility index (Phi) is 7.78. The third-order valence-corrected chi connectivity index (χ3v) is 3.31. The van der Waals surface area contributed by atoms with Crippen LogP contribution >= 0.6 is 0 Å². The Morgan fingerprint density at radius 2 is 1.32 bits per heavy atom. The first kappa shape index (κ1) is 22.7. The van der Waals surface area contributed by atoms with Gasteiger partial charge in [-0.3, -0.25) is 0 Å². The molecule has 0 aliphatic carbocycles. The van der Waals surface area contributed by atoms with E-state index in [2.05, 4.69) is 5.32 Å². The second-order valence-corrected chi connectivity index (χ2v) is 6.05. The number of nitrogen functional groups attached to an aromatic ring is 1. The summed E-state index contributed by atoms with van der Waals surface area (Å²) in [5.41, 5.74) is 4.21. The first-order valence-electron chi connectivity index (χ1n) is 7.88. The van der Waals surface area contributed by atoms with Gasteiger partial charge in [-0.05, 0) is 18.1 Å². The zero-order chi connectivity index (χ0) is 21.6. The van der Waals surface area contributed by atoms with Crippen LogP contribution in [0.2, 0.25) is 0 Å². The van der Waals surface area contributed by atoms with Crippen molar-refractivity contribution in [3.05, 3.63) is 58.7 Å². The number of anilines is 2. The summed E-state index contributed by atoms with van der Waals surface area (Å²) in [6, 6.07) is 2.73. The minimum Gasteiger partial charge on any atom is -0.478 e. The average molecular weight is 402 g/mol. The van der Waals surface area contributed by atoms with Gasteiger partial charge in [-0.2, -0.15) is 0 Å². The van der Waals surface area contributed by atoms with Crippen LogP contribution in [0, 0.1) is 29.2 Å². The summed E-state index contributed by atoms with van der Waals surface area (Å²) in [5.74, 6) is -6.99. The van der Waals surface area contributed by atoms with Crippen molar-refractivity contribution >= 4 is 23.3 Å². The predicted molar refractivity (Wildman–Crippen MR) is 94.4 cm³/mol. The molecule has 0 spiro atoms. The number of hydrogen-bond donors (Lipinski definition) is 4. The molecule has 0 radical (unpaired) electrons. The number of carbonyl (C=O) groups is 2. The molecule has 2 aromatic rings. The number of nitrogens with two attached hydrogens (primary N) is 1. The molecule has 0 saturated heterocycles. The molecule has 0 aromatic heterocycles. The van der Waals surface area contributed by atoms with Crippen molar-refractivity contribution in [1.82, 2.24) is 0 Å². The fraction of sp³-hybridized carbons (Fsp3) is 0.222. The maximum absolute atomic E-state index is 12.9. The molecule has 5 N–H and O–H groups in total. The van der Waals surface area contributed by atoms with Gasteiger partial charge in [-0.15, -0.1) is 0 Å². The van der Waals surface area contributed by atoms with Crippen LogP contribution in [0.5, 0.6) is 0 Å². The van der Waals surface area contributed by atoms with E-state index in [9.17, 15) is 27.2 Å². The Hall–Kier alpha value is -3.30. The molecule has 0 atom stereocenters. The molecule has 10 heteroatoms. The Morgan fingerprint density at radius 1 is 0.893 bits per heavy atom. The number of aromatic carboxylic acids is 2.